The van der Waals surface area contributed by atoms with Gasteiger partial charge in [0.15, 0.2) is 0 Å². The molecule has 2 aromatic carbocycles. The molecule has 0 saturated heterocycles. The van der Waals surface area contributed by atoms with Crippen molar-refractivity contribution in [1.82, 2.24) is 0 Å². The molecule has 2 aromatic rings. The van der Waals surface area contributed by atoms with E-state index in [1.807, 2.05) is 30.3 Å². The lowest BCUT2D eigenvalue weighted by Gasteiger charge is -1.99. The predicted molar refractivity (Wildman–Crippen MR) is 68.9 cm³/mol. The molecule has 2 rings (SSSR count). The molecule has 0 aliphatic heterocycles. The number of fused-ring (bicyclic) bond motifs is 1. The molecule has 4 N–H and O–H groups in total. The van der Waals surface area contributed by atoms with Crippen LogP contribution >= 0.6 is 0 Å². The molecule has 0 spiro atoms. The maximum absolute atomic E-state index is 5.72. The Bertz CT molecular complexity index is 562. The van der Waals surface area contributed by atoms with Crippen molar-refractivity contribution in [2.45, 2.75) is 6.42 Å². The molecule has 0 atom stereocenters. The second kappa shape index (κ2) is 4.69. The van der Waals surface area contributed by atoms with E-state index in [0.717, 1.165) is 28.4 Å². The van der Waals surface area contributed by atoms with Crippen molar-refractivity contribution in [2.75, 3.05) is 12.3 Å². The van der Waals surface area contributed by atoms with E-state index in [1.54, 1.807) is 0 Å². The lowest BCUT2D eigenvalue weighted by Crippen LogP contribution is -1.95. The first-order valence-corrected chi connectivity index (χ1v) is 5.28. The van der Waals surface area contributed by atoms with Crippen molar-refractivity contribution < 1.29 is 0 Å². The lowest BCUT2D eigenvalue weighted by molar-refractivity contribution is 1.03. The number of hydrogen-bond acceptors (Lipinski definition) is 2. The van der Waals surface area contributed by atoms with Gasteiger partial charge in [-0.3, -0.25) is 0 Å². The van der Waals surface area contributed by atoms with Crippen molar-refractivity contribution in [3.63, 3.8) is 0 Å². The van der Waals surface area contributed by atoms with Crippen LogP contribution in [0.4, 0.5) is 5.69 Å². The van der Waals surface area contributed by atoms with Crippen molar-refractivity contribution in [3.05, 3.63) is 42.0 Å². The summed E-state index contributed by atoms with van der Waals surface area (Å²) in [6.07, 6.45) is 0.736. The molecule has 2 heteroatoms. The van der Waals surface area contributed by atoms with Crippen LogP contribution in [0.3, 0.4) is 0 Å². The van der Waals surface area contributed by atoms with Gasteiger partial charge in [0.05, 0.1) is 0 Å². The summed E-state index contributed by atoms with van der Waals surface area (Å²) in [6, 6.07) is 12.0. The lowest BCUT2D eigenvalue weighted by atomic mass is 10.1. The van der Waals surface area contributed by atoms with Gasteiger partial charge in [0.2, 0.25) is 0 Å². The van der Waals surface area contributed by atoms with E-state index in [-0.39, 0.29) is 0 Å². The van der Waals surface area contributed by atoms with Crippen LogP contribution in [0.15, 0.2) is 36.4 Å². The minimum Gasteiger partial charge on any atom is -0.399 e. The number of benzene rings is 2. The number of nitrogen functional groups attached to an aromatic ring is 1. The molecule has 2 nitrogen and oxygen atoms in total. The van der Waals surface area contributed by atoms with Gasteiger partial charge in [-0.25, -0.2) is 0 Å². The fourth-order valence-corrected chi connectivity index (χ4v) is 1.58. The van der Waals surface area contributed by atoms with E-state index >= 15 is 0 Å². The summed E-state index contributed by atoms with van der Waals surface area (Å²) < 4.78 is 0. The maximum Gasteiger partial charge on any atom is 0.0320 e. The van der Waals surface area contributed by atoms with Crippen LogP contribution in [-0.4, -0.2) is 6.54 Å². The van der Waals surface area contributed by atoms with Crippen LogP contribution in [0.25, 0.3) is 10.8 Å². The summed E-state index contributed by atoms with van der Waals surface area (Å²) in [4.78, 5) is 0. The van der Waals surface area contributed by atoms with E-state index in [2.05, 4.69) is 17.9 Å². The minimum absolute atomic E-state index is 0.608. The average Bonchev–Trinajstić information content (AvgIpc) is 2.29. The Balaban J connectivity index is 2.38. The Kier molecular flexibility index (Phi) is 3.09. The standard InChI is InChI=1S/C14H14N2/c15-8-2-1-3-11-4-5-13-10-14(16)7-6-12(13)9-11/h4-7,9-10H,2,8,15-16H2. The molecule has 0 aliphatic rings. The molecule has 0 radical (unpaired) electrons. The van der Waals surface area contributed by atoms with Gasteiger partial charge in [-0.05, 0) is 35.0 Å². The zero-order valence-electron chi connectivity index (χ0n) is 9.03. The number of rotatable bonds is 1. The van der Waals surface area contributed by atoms with Crippen molar-refractivity contribution in [1.29, 1.82) is 0 Å². The molecule has 0 heterocycles. The average molecular weight is 210 g/mol. The molecular formula is C14H14N2. The van der Waals surface area contributed by atoms with Gasteiger partial charge in [0.25, 0.3) is 0 Å². The zero-order valence-corrected chi connectivity index (χ0v) is 9.03. The highest BCUT2D eigenvalue weighted by Crippen LogP contribution is 2.18. The Morgan fingerprint density at radius 2 is 1.75 bits per heavy atom. The smallest absolute Gasteiger partial charge is 0.0320 e. The van der Waals surface area contributed by atoms with Gasteiger partial charge in [-0.1, -0.05) is 24.0 Å². The van der Waals surface area contributed by atoms with Crippen LogP contribution in [0.1, 0.15) is 12.0 Å². The SMILES string of the molecule is NCCC#Cc1ccc2cc(N)ccc2c1. The van der Waals surface area contributed by atoms with Crippen LogP contribution in [0, 0.1) is 11.8 Å². The van der Waals surface area contributed by atoms with Crippen molar-refractivity contribution in [2.24, 2.45) is 5.73 Å². The van der Waals surface area contributed by atoms with Crippen LogP contribution in [-0.2, 0) is 0 Å². The van der Waals surface area contributed by atoms with Crippen LogP contribution in [0.2, 0.25) is 0 Å². The maximum atomic E-state index is 5.72. The molecule has 80 valence electrons. The zero-order chi connectivity index (χ0) is 11.4. The highest BCUT2D eigenvalue weighted by Gasteiger charge is 1.94. The molecular weight excluding hydrogens is 196 g/mol. The second-order valence-electron chi connectivity index (χ2n) is 3.66. The molecule has 0 unspecified atom stereocenters. The monoisotopic (exact) mass is 210 g/mol. The highest BCUT2D eigenvalue weighted by atomic mass is 14.5. The summed E-state index contributed by atoms with van der Waals surface area (Å²) >= 11 is 0. The largest absolute Gasteiger partial charge is 0.399 e. The fraction of sp³-hybridized carbons (Fsp3) is 0.143. The van der Waals surface area contributed by atoms with Crippen LogP contribution < -0.4 is 11.5 Å². The van der Waals surface area contributed by atoms with Gasteiger partial charge in [0, 0.05) is 24.2 Å². The van der Waals surface area contributed by atoms with Gasteiger partial charge in [-0.2, -0.15) is 0 Å². The summed E-state index contributed by atoms with van der Waals surface area (Å²) in [7, 11) is 0. The summed E-state index contributed by atoms with van der Waals surface area (Å²) in [6.45, 7) is 0.608. The first-order valence-electron chi connectivity index (χ1n) is 5.28. The van der Waals surface area contributed by atoms with Gasteiger partial charge >= 0.3 is 0 Å². The van der Waals surface area contributed by atoms with Crippen molar-refractivity contribution in [3.8, 4) is 11.8 Å². The van der Waals surface area contributed by atoms with Gasteiger partial charge in [0.1, 0.15) is 0 Å². The molecule has 0 amide bonds. The van der Waals surface area contributed by atoms with Gasteiger partial charge in [-0.15, -0.1) is 0 Å². The molecule has 16 heavy (non-hydrogen) atoms. The predicted octanol–water partition coefficient (Wildman–Crippen LogP) is 2.12. The Labute approximate surface area is 95.3 Å². The number of hydrogen-bond donors (Lipinski definition) is 2. The van der Waals surface area contributed by atoms with Gasteiger partial charge < -0.3 is 11.5 Å². The highest BCUT2D eigenvalue weighted by molar-refractivity contribution is 5.86. The molecule has 0 aliphatic carbocycles. The molecule has 0 aromatic heterocycles. The third-order valence-corrected chi connectivity index (χ3v) is 2.37. The summed E-state index contributed by atoms with van der Waals surface area (Å²) in [5.41, 5.74) is 12.9. The minimum atomic E-state index is 0.608. The van der Waals surface area contributed by atoms with E-state index in [0.29, 0.717) is 6.54 Å². The molecule has 0 bridgehead atoms. The number of nitrogens with two attached hydrogens (primary N) is 2. The normalized spacial score (nSPS) is 9.81. The summed E-state index contributed by atoms with van der Waals surface area (Å²) in [5.74, 6) is 6.12. The first-order chi connectivity index (χ1) is 7.79. The molecule has 0 saturated carbocycles. The third kappa shape index (κ3) is 2.33. The fourth-order valence-electron chi connectivity index (χ4n) is 1.58. The van der Waals surface area contributed by atoms with E-state index < -0.39 is 0 Å². The third-order valence-electron chi connectivity index (χ3n) is 2.37. The Hall–Kier alpha value is -1.98. The Morgan fingerprint density at radius 3 is 2.56 bits per heavy atom. The summed E-state index contributed by atoms with van der Waals surface area (Å²) in [5, 5.41) is 2.30. The van der Waals surface area contributed by atoms with E-state index in [9.17, 15) is 0 Å². The van der Waals surface area contributed by atoms with E-state index in [4.69, 9.17) is 11.5 Å². The topological polar surface area (TPSA) is 52.0 Å². The number of anilines is 1. The quantitative estimate of drug-likeness (QED) is 0.559. The van der Waals surface area contributed by atoms with Crippen molar-refractivity contribution >= 4 is 16.5 Å². The molecule has 0 fully saturated rings. The van der Waals surface area contributed by atoms with E-state index in [1.165, 1.54) is 0 Å². The first kappa shape index (κ1) is 10.5. The second-order valence-corrected chi connectivity index (χ2v) is 3.66. The Morgan fingerprint density at radius 1 is 1.00 bits per heavy atom. The van der Waals surface area contributed by atoms with Crippen LogP contribution in [0.5, 0.6) is 0 Å².